The summed E-state index contributed by atoms with van der Waals surface area (Å²) >= 11 is 0. The number of ether oxygens (including phenoxy) is 4. The van der Waals surface area contributed by atoms with Gasteiger partial charge in [-0.05, 0) is 37.1 Å². The Hall–Kier alpha value is -2.73. The normalized spacial score (nSPS) is 15.9. The largest absolute Gasteiger partial charge is 0.496 e. The zero-order chi connectivity index (χ0) is 19.9. The van der Waals surface area contributed by atoms with E-state index in [1.165, 1.54) is 0 Å². The molecule has 1 atom stereocenters. The monoisotopic (exact) mass is 385 g/mol. The van der Waals surface area contributed by atoms with E-state index in [2.05, 4.69) is 0 Å². The predicted molar refractivity (Wildman–Crippen MR) is 106 cm³/mol. The van der Waals surface area contributed by atoms with Gasteiger partial charge in [-0.2, -0.15) is 0 Å². The molecule has 3 rings (SSSR count). The molecule has 1 aliphatic heterocycles. The minimum absolute atomic E-state index is 0.0544. The molecular formula is C22H27NO5. The maximum absolute atomic E-state index is 13.3. The molecule has 0 saturated carbocycles. The minimum Gasteiger partial charge on any atom is -0.496 e. The van der Waals surface area contributed by atoms with Gasteiger partial charge in [0.2, 0.25) is 0 Å². The lowest BCUT2D eigenvalue weighted by molar-refractivity contribution is 0.0505. The zero-order valence-electron chi connectivity index (χ0n) is 16.6. The first-order chi connectivity index (χ1) is 13.7. The van der Waals surface area contributed by atoms with E-state index >= 15 is 0 Å². The van der Waals surface area contributed by atoms with E-state index < -0.39 is 0 Å². The van der Waals surface area contributed by atoms with Crippen LogP contribution >= 0.6 is 0 Å². The molecule has 1 amide bonds. The number of carbonyl (C=O) groups is 1. The van der Waals surface area contributed by atoms with Crippen LogP contribution in [0, 0.1) is 0 Å². The van der Waals surface area contributed by atoms with Gasteiger partial charge in [0, 0.05) is 30.8 Å². The van der Waals surface area contributed by atoms with Gasteiger partial charge in [0.25, 0.3) is 5.91 Å². The van der Waals surface area contributed by atoms with Crippen molar-refractivity contribution in [1.29, 1.82) is 0 Å². The third-order valence-electron chi connectivity index (χ3n) is 4.92. The van der Waals surface area contributed by atoms with E-state index in [0.717, 1.165) is 30.8 Å². The molecule has 0 N–H and O–H groups in total. The highest BCUT2D eigenvalue weighted by Gasteiger charge is 2.25. The Morgan fingerprint density at radius 1 is 1.04 bits per heavy atom. The molecule has 2 aromatic rings. The van der Waals surface area contributed by atoms with Gasteiger partial charge in [-0.1, -0.05) is 18.2 Å². The van der Waals surface area contributed by atoms with Crippen LogP contribution in [0.15, 0.2) is 42.5 Å². The quantitative estimate of drug-likeness (QED) is 0.696. The molecule has 1 saturated heterocycles. The fourth-order valence-electron chi connectivity index (χ4n) is 3.44. The Kier molecular flexibility index (Phi) is 6.76. The maximum Gasteiger partial charge on any atom is 0.254 e. The highest BCUT2D eigenvalue weighted by atomic mass is 16.5. The average Bonchev–Trinajstić information content (AvgIpc) is 3.25. The van der Waals surface area contributed by atoms with E-state index in [0.29, 0.717) is 30.2 Å². The van der Waals surface area contributed by atoms with Crippen LogP contribution < -0.4 is 14.2 Å². The second-order valence-corrected chi connectivity index (χ2v) is 6.70. The Morgan fingerprint density at radius 2 is 1.79 bits per heavy atom. The van der Waals surface area contributed by atoms with Gasteiger partial charge in [-0.25, -0.2) is 0 Å². The SMILES string of the molecule is COc1ccccc1CN(CC1CCCO1)C(=O)c1ccc(OC)c(OC)c1. The molecule has 0 aliphatic carbocycles. The van der Waals surface area contributed by atoms with E-state index in [1.54, 1.807) is 39.5 Å². The Bertz CT molecular complexity index is 801. The van der Waals surface area contributed by atoms with Crippen molar-refractivity contribution < 1.29 is 23.7 Å². The van der Waals surface area contributed by atoms with Crippen molar-refractivity contribution in [1.82, 2.24) is 4.90 Å². The van der Waals surface area contributed by atoms with Crippen molar-refractivity contribution in [3.63, 3.8) is 0 Å². The van der Waals surface area contributed by atoms with Crippen molar-refractivity contribution in [2.75, 3.05) is 34.5 Å². The summed E-state index contributed by atoms with van der Waals surface area (Å²) in [5.74, 6) is 1.81. The standard InChI is InChI=1S/C22H27NO5/c1-25-19-9-5-4-7-17(19)14-23(15-18-8-6-12-28-18)22(24)16-10-11-20(26-2)21(13-16)27-3/h4-5,7,9-11,13,18H,6,8,12,14-15H2,1-3H3. The number of para-hydroxylation sites is 1. The van der Waals surface area contributed by atoms with Crippen molar-refractivity contribution in [3.8, 4) is 17.2 Å². The third-order valence-corrected chi connectivity index (χ3v) is 4.92. The van der Waals surface area contributed by atoms with E-state index in [1.807, 2.05) is 29.2 Å². The van der Waals surface area contributed by atoms with E-state index in [9.17, 15) is 4.79 Å². The van der Waals surface area contributed by atoms with Gasteiger partial charge < -0.3 is 23.8 Å². The molecule has 0 spiro atoms. The van der Waals surface area contributed by atoms with Crippen LogP contribution in [0.4, 0.5) is 0 Å². The van der Waals surface area contributed by atoms with Gasteiger partial charge in [-0.15, -0.1) is 0 Å². The molecule has 6 heteroatoms. The Morgan fingerprint density at radius 3 is 2.46 bits per heavy atom. The number of hydrogen-bond acceptors (Lipinski definition) is 5. The maximum atomic E-state index is 13.3. The van der Waals surface area contributed by atoms with Gasteiger partial charge in [0.15, 0.2) is 11.5 Å². The first kappa shape index (κ1) is 20.0. The first-order valence-corrected chi connectivity index (χ1v) is 9.41. The Balaban J connectivity index is 1.88. The number of nitrogens with zero attached hydrogens (tertiary/aromatic N) is 1. The van der Waals surface area contributed by atoms with Crippen LogP contribution in [0.25, 0.3) is 0 Å². The molecule has 6 nitrogen and oxygen atoms in total. The van der Waals surface area contributed by atoms with Crippen molar-refractivity contribution in [2.45, 2.75) is 25.5 Å². The van der Waals surface area contributed by atoms with Crippen molar-refractivity contribution >= 4 is 5.91 Å². The smallest absolute Gasteiger partial charge is 0.254 e. The van der Waals surface area contributed by atoms with Gasteiger partial charge in [0.05, 0.1) is 27.4 Å². The fourth-order valence-corrected chi connectivity index (χ4v) is 3.44. The molecule has 0 aromatic heterocycles. The van der Waals surface area contributed by atoms with Gasteiger partial charge >= 0.3 is 0 Å². The van der Waals surface area contributed by atoms with Crippen molar-refractivity contribution in [3.05, 3.63) is 53.6 Å². The number of carbonyl (C=O) groups excluding carboxylic acids is 1. The van der Waals surface area contributed by atoms with Crippen LogP contribution in [0.5, 0.6) is 17.2 Å². The molecule has 0 bridgehead atoms. The number of methoxy groups -OCH3 is 3. The van der Waals surface area contributed by atoms with E-state index in [-0.39, 0.29) is 12.0 Å². The van der Waals surface area contributed by atoms with Crippen molar-refractivity contribution in [2.24, 2.45) is 0 Å². The molecule has 1 aliphatic rings. The van der Waals surface area contributed by atoms with Crippen LogP contribution in [0.2, 0.25) is 0 Å². The number of amides is 1. The summed E-state index contributed by atoms with van der Waals surface area (Å²) < 4.78 is 21.9. The first-order valence-electron chi connectivity index (χ1n) is 9.41. The fraction of sp³-hybridized carbons (Fsp3) is 0.409. The van der Waals surface area contributed by atoms with Crippen LogP contribution in [-0.4, -0.2) is 51.4 Å². The van der Waals surface area contributed by atoms with Gasteiger partial charge in [0.1, 0.15) is 5.75 Å². The zero-order valence-corrected chi connectivity index (χ0v) is 16.6. The molecule has 1 heterocycles. The topological polar surface area (TPSA) is 57.2 Å². The second kappa shape index (κ2) is 9.46. The average molecular weight is 385 g/mol. The number of benzene rings is 2. The highest BCUT2D eigenvalue weighted by Crippen LogP contribution is 2.29. The molecule has 1 fully saturated rings. The second-order valence-electron chi connectivity index (χ2n) is 6.70. The van der Waals surface area contributed by atoms with Crippen LogP contribution in [-0.2, 0) is 11.3 Å². The summed E-state index contributed by atoms with van der Waals surface area (Å²) in [6.07, 6.45) is 2.04. The summed E-state index contributed by atoms with van der Waals surface area (Å²) in [5, 5.41) is 0. The number of hydrogen-bond donors (Lipinski definition) is 0. The lowest BCUT2D eigenvalue weighted by Gasteiger charge is -2.26. The third kappa shape index (κ3) is 4.57. The molecule has 0 radical (unpaired) electrons. The lowest BCUT2D eigenvalue weighted by Crippen LogP contribution is -2.37. The molecular weight excluding hydrogens is 358 g/mol. The van der Waals surface area contributed by atoms with Crippen LogP contribution in [0.3, 0.4) is 0 Å². The summed E-state index contributed by atoms with van der Waals surface area (Å²) in [6.45, 7) is 1.72. The molecule has 28 heavy (non-hydrogen) atoms. The summed E-state index contributed by atoms with van der Waals surface area (Å²) in [6, 6.07) is 13.0. The van der Waals surface area contributed by atoms with E-state index in [4.69, 9.17) is 18.9 Å². The summed E-state index contributed by atoms with van der Waals surface area (Å²) in [5.41, 5.74) is 1.50. The number of rotatable bonds is 8. The summed E-state index contributed by atoms with van der Waals surface area (Å²) in [7, 11) is 4.77. The molecule has 2 aromatic carbocycles. The Labute approximate surface area is 166 Å². The highest BCUT2D eigenvalue weighted by molar-refractivity contribution is 5.95. The van der Waals surface area contributed by atoms with Crippen LogP contribution in [0.1, 0.15) is 28.8 Å². The summed E-state index contributed by atoms with van der Waals surface area (Å²) in [4.78, 5) is 15.2. The minimum atomic E-state index is -0.0811. The van der Waals surface area contributed by atoms with Gasteiger partial charge in [-0.3, -0.25) is 4.79 Å². The molecule has 1 unspecified atom stereocenters. The molecule has 150 valence electrons. The lowest BCUT2D eigenvalue weighted by atomic mass is 10.1. The predicted octanol–water partition coefficient (Wildman–Crippen LogP) is 3.53.